The molecular weight excluding hydrogens is 358 g/mol. The van der Waals surface area contributed by atoms with E-state index in [1.807, 2.05) is 28.8 Å². The quantitative estimate of drug-likeness (QED) is 0.509. The van der Waals surface area contributed by atoms with E-state index >= 15 is 0 Å². The number of fused-ring (bicyclic) bond motifs is 1. The molecule has 1 saturated heterocycles. The molecule has 3 heterocycles. The molecule has 0 amide bonds. The van der Waals surface area contributed by atoms with Gasteiger partial charge in [-0.2, -0.15) is 4.52 Å². The highest BCUT2D eigenvalue weighted by Gasteiger charge is 2.24. The average molecular weight is 381 g/mol. The number of benzene rings is 1. The van der Waals surface area contributed by atoms with Crippen molar-refractivity contribution < 1.29 is 4.92 Å². The summed E-state index contributed by atoms with van der Waals surface area (Å²) in [6, 6.07) is 10.7. The zero-order valence-corrected chi connectivity index (χ0v) is 16.2. The maximum atomic E-state index is 10.8. The van der Waals surface area contributed by atoms with E-state index < -0.39 is 0 Å². The number of hydrogen-bond donors (Lipinski definition) is 0. The molecule has 0 aliphatic carbocycles. The molecule has 1 fully saturated rings. The van der Waals surface area contributed by atoms with Crippen LogP contribution >= 0.6 is 0 Å². The number of anilines is 2. The maximum absolute atomic E-state index is 10.8. The third-order valence-corrected chi connectivity index (χ3v) is 4.95. The SMILES string of the molecule is CC(C)(C)c1nnc2ccc(N3CCN(c4ccc([N+](=O)[O-])cc4)CC3)nn12. The van der Waals surface area contributed by atoms with Crippen LogP contribution in [-0.4, -0.2) is 50.9 Å². The van der Waals surface area contributed by atoms with Gasteiger partial charge in [-0.25, -0.2) is 0 Å². The predicted molar refractivity (Wildman–Crippen MR) is 107 cm³/mol. The van der Waals surface area contributed by atoms with Crippen LogP contribution in [0.1, 0.15) is 26.6 Å². The Bertz CT molecular complexity index is 999. The number of aromatic nitrogens is 4. The van der Waals surface area contributed by atoms with Crippen LogP contribution in [0.5, 0.6) is 0 Å². The first-order valence-electron chi connectivity index (χ1n) is 9.30. The van der Waals surface area contributed by atoms with E-state index in [-0.39, 0.29) is 16.0 Å². The monoisotopic (exact) mass is 381 g/mol. The van der Waals surface area contributed by atoms with Crippen molar-refractivity contribution in [3.63, 3.8) is 0 Å². The highest BCUT2D eigenvalue weighted by molar-refractivity contribution is 5.53. The molecule has 1 aliphatic rings. The van der Waals surface area contributed by atoms with E-state index in [1.54, 1.807) is 12.1 Å². The number of piperazine rings is 1. The number of nitro benzene ring substituents is 1. The molecule has 1 aromatic carbocycles. The molecule has 4 rings (SSSR count). The minimum absolute atomic E-state index is 0.114. The number of nitro groups is 1. The maximum Gasteiger partial charge on any atom is 0.269 e. The van der Waals surface area contributed by atoms with Crippen molar-refractivity contribution in [2.24, 2.45) is 0 Å². The summed E-state index contributed by atoms with van der Waals surface area (Å²) in [5.74, 6) is 1.75. The Morgan fingerprint density at radius 1 is 0.929 bits per heavy atom. The molecule has 0 radical (unpaired) electrons. The van der Waals surface area contributed by atoms with Gasteiger partial charge in [0.05, 0.1) is 4.92 Å². The molecule has 9 nitrogen and oxygen atoms in total. The number of hydrogen-bond acceptors (Lipinski definition) is 7. The van der Waals surface area contributed by atoms with Gasteiger partial charge in [0.2, 0.25) is 0 Å². The molecule has 28 heavy (non-hydrogen) atoms. The smallest absolute Gasteiger partial charge is 0.269 e. The Labute approximate surface area is 162 Å². The molecule has 9 heteroatoms. The predicted octanol–water partition coefficient (Wildman–Crippen LogP) is 2.66. The van der Waals surface area contributed by atoms with Gasteiger partial charge in [-0.3, -0.25) is 10.1 Å². The Balaban J connectivity index is 1.49. The van der Waals surface area contributed by atoms with Gasteiger partial charge < -0.3 is 9.80 Å². The Morgan fingerprint density at radius 2 is 1.57 bits per heavy atom. The molecule has 0 saturated carbocycles. The lowest BCUT2D eigenvalue weighted by Gasteiger charge is -2.36. The zero-order valence-electron chi connectivity index (χ0n) is 16.2. The molecular formula is C19H23N7O2. The number of rotatable bonds is 3. The summed E-state index contributed by atoms with van der Waals surface area (Å²) in [5.41, 5.74) is 1.73. The van der Waals surface area contributed by atoms with Crippen molar-refractivity contribution in [3.8, 4) is 0 Å². The van der Waals surface area contributed by atoms with Crippen LogP contribution in [0.4, 0.5) is 17.2 Å². The molecule has 0 bridgehead atoms. The molecule has 3 aromatic rings. The van der Waals surface area contributed by atoms with Crippen LogP contribution in [0.25, 0.3) is 5.65 Å². The molecule has 146 valence electrons. The average Bonchev–Trinajstić information content (AvgIpc) is 3.12. The largest absolute Gasteiger partial charge is 0.368 e. The van der Waals surface area contributed by atoms with Gasteiger partial charge in [-0.1, -0.05) is 20.8 Å². The van der Waals surface area contributed by atoms with Gasteiger partial charge in [0.25, 0.3) is 5.69 Å². The van der Waals surface area contributed by atoms with Crippen molar-refractivity contribution in [2.45, 2.75) is 26.2 Å². The van der Waals surface area contributed by atoms with Crippen LogP contribution in [-0.2, 0) is 5.41 Å². The molecule has 1 aliphatic heterocycles. The lowest BCUT2D eigenvalue weighted by Crippen LogP contribution is -2.47. The summed E-state index contributed by atoms with van der Waals surface area (Å²) in [7, 11) is 0. The van der Waals surface area contributed by atoms with Gasteiger partial charge in [0.1, 0.15) is 5.82 Å². The summed E-state index contributed by atoms with van der Waals surface area (Å²) in [5, 5.41) is 24.1. The fraction of sp³-hybridized carbons (Fsp3) is 0.421. The lowest BCUT2D eigenvalue weighted by atomic mass is 9.96. The zero-order chi connectivity index (χ0) is 19.9. The van der Waals surface area contributed by atoms with Crippen LogP contribution in [0, 0.1) is 10.1 Å². The highest BCUT2D eigenvalue weighted by Crippen LogP contribution is 2.24. The van der Waals surface area contributed by atoms with Crippen molar-refractivity contribution in [1.82, 2.24) is 19.8 Å². The Morgan fingerprint density at radius 3 is 2.18 bits per heavy atom. The van der Waals surface area contributed by atoms with Crippen molar-refractivity contribution in [1.29, 1.82) is 0 Å². The fourth-order valence-corrected chi connectivity index (χ4v) is 3.39. The standard InChI is InChI=1S/C19H23N7O2/c1-19(2,3)18-21-20-16-8-9-17(22-25(16)18)24-12-10-23(11-13-24)14-4-6-15(7-5-14)26(27)28/h4-9H,10-13H2,1-3H3. The van der Waals surface area contributed by atoms with Gasteiger partial charge >= 0.3 is 0 Å². The summed E-state index contributed by atoms with van der Waals surface area (Å²) in [4.78, 5) is 14.9. The number of non-ortho nitro benzene ring substituents is 1. The second-order valence-electron chi connectivity index (χ2n) is 7.98. The number of nitrogens with zero attached hydrogens (tertiary/aromatic N) is 7. The van der Waals surface area contributed by atoms with E-state index in [9.17, 15) is 10.1 Å². The van der Waals surface area contributed by atoms with E-state index in [4.69, 9.17) is 5.10 Å². The van der Waals surface area contributed by atoms with Crippen molar-refractivity contribution >= 4 is 22.8 Å². The van der Waals surface area contributed by atoms with Crippen molar-refractivity contribution in [2.75, 3.05) is 36.0 Å². The molecule has 0 unspecified atom stereocenters. The molecule has 0 atom stereocenters. The highest BCUT2D eigenvalue weighted by atomic mass is 16.6. The van der Waals surface area contributed by atoms with Crippen LogP contribution < -0.4 is 9.80 Å². The summed E-state index contributed by atoms with van der Waals surface area (Å²) in [6.45, 7) is 9.59. The first-order chi connectivity index (χ1) is 13.3. The van der Waals surface area contributed by atoms with E-state index in [0.29, 0.717) is 0 Å². The minimum Gasteiger partial charge on any atom is -0.368 e. The van der Waals surface area contributed by atoms with Crippen LogP contribution in [0.3, 0.4) is 0 Å². The third kappa shape index (κ3) is 3.35. The fourth-order valence-electron chi connectivity index (χ4n) is 3.39. The van der Waals surface area contributed by atoms with Gasteiger partial charge in [0, 0.05) is 49.4 Å². The first kappa shape index (κ1) is 18.1. The molecule has 0 N–H and O–H groups in total. The molecule has 0 spiro atoms. The summed E-state index contributed by atoms with van der Waals surface area (Å²) in [6.07, 6.45) is 0. The Hall–Kier alpha value is -3.23. The van der Waals surface area contributed by atoms with Crippen LogP contribution in [0.15, 0.2) is 36.4 Å². The summed E-state index contributed by atoms with van der Waals surface area (Å²) < 4.78 is 1.83. The minimum atomic E-state index is -0.375. The molecule has 2 aromatic heterocycles. The topological polar surface area (TPSA) is 92.7 Å². The van der Waals surface area contributed by atoms with Crippen LogP contribution in [0.2, 0.25) is 0 Å². The second kappa shape index (κ2) is 6.74. The summed E-state index contributed by atoms with van der Waals surface area (Å²) >= 11 is 0. The first-order valence-corrected chi connectivity index (χ1v) is 9.30. The van der Waals surface area contributed by atoms with E-state index in [2.05, 4.69) is 40.8 Å². The van der Waals surface area contributed by atoms with Gasteiger partial charge in [-0.05, 0) is 24.3 Å². The Kier molecular flexibility index (Phi) is 4.37. The van der Waals surface area contributed by atoms with E-state index in [0.717, 1.165) is 49.2 Å². The van der Waals surface area contributed by atoms with E-state index in [1.165, 1.54) is 0 Å². The second-order valence-corrected chi connectivity index (χ2v) is 7.98. The van der Waals surface area contributed by atoms with Gasteiger partial charge in [0.15, 0.2) is 11.5 Å². The third-order valence-electron chi connectivity index (χ3n) is 4.95. The normalized spacial score (nSPS) is 15.2. The van der Waals surface area contributed by atoms with Gasteiger partial charge in [-0.15, -0.1) is 15.3 Å². The van der Waals surface area contributed by atoms with Crippen molar-refractivity contribution in [3.05, 3.63) is 52.3 Å². The lowest BCUT2D eigenvalue weighted by molar-refractivity contribution is -0.384.